The first-order valence-electron chi connectivity index (χ1n) is 7.58. The van der Waals surface area contributed by atoms with Crippen molar-refractivity contribution in [2.75, 3.05) is 33.5 Å². The van der Waals surface area contributed by atoms with Crippen molar-refractivity contribution in [2.45, 2.75) is 12.8 Å². The highest BCUT2D eigenvalue weighted by Crippen LogP contribution is 2.25. The van der Waals surface area contributed by atoms with Crippen LogP contribution in [0, 0.1) is 5.92 Å². The number of ether oxygens (including phenoxy) is 2. The number of hydrogen-bond donors (Lipinski definition) is 2. The Kier molecular flexibility index (Phi) is 6.22. The summed E-state index contributed by atoms with van der Waals surface area (Å²) in [5, 5.41) is 11.7. The molecule has 1 fully saturated rings. The van der Waals surface area contributed by atoms with E-state index in [0.717, 1.165) is 0 Å². The monoisotopic (exact) mass is 322 g/mol. The Labute approximate surface area is 135 Å². The largest absolute Gasteiger partial charge is 0.493 e. The van der Waals surface area contributed by atoms with E-state index in [1.807, 2.05) is 17.0 Å². The average Bonchev–Trinajstić information content (AvgIpc) is 2.58. The highest BCUT2D eigenvalue weighted by Gasteiger charge is 2.24. The number of nitrogens with zero attached hydrogens (tertiary/aromatic N) is 1. The van der Waals surface area contributed by atoms with Gasteiger partial charge in [0.05, 0.1) is 19.7 Å². The van der Waals surface area contributed by atoms with Crippen LogP contribution in [0.25, 0.3) is 0 Å². The van der Waals surface area contributed by atoms with Gasteiger partial charge in [0.2, 0.25) is 0 Å². The fourth-order valence-corrected chi connectivity index (χ4v) is 2.47. The van der Waals surface area contributed by atoms with E-state index in [9.17, 15) is 9.59 Å². The Balaban J connectivity index is 1.69. The molecule has 7 heteroatoms. The number of amides is 1. The van der Waals surface area contributed by atoms with Crippen LogP contribution >= 0.6 is 0 Å². The molecule has 0 atom stereocenters. The Morgan fingerprint density at radius 3 is 2.52 bits per heavy atom. The van der Waals surface area contributed by atoms with Crippen LogP contribution in [0.15, 0.2) is 24.3 Å². The molecule has 0 bridgehead atoms. The predicted octanol–water partition coefficient (Wildman–Crippen LogP) is 0.944. The fourth-order valence-electron chi connectivity index (χ4n) is 2.47. The summed E-state index contributed by atoms with van der Waals surface area (Å²) in [7, 11) is 1.54. The van der Waals surface area contributed by atoms with Crippen molar-refractivity contribution < 1.29 is 24.2 Å². The Hall–Kier alpha value is -2.28. The molecule has 1 aliphatic heterocycles. The second kappa shape index (κ2) is 8.38. The summed E-state index contributed by atoms with van der Waals surface area (Å²) in [6.07, 6.45) is 1.23. The molecule has 0 unspecified atom stereocenters. The second-order valence-corrected chi connectivity index (χ2v) is 5.43. The first kappa shape index (κ1) is 17.1. The minimum atomic E-state index is -0.737. The number of carboxylic acids is 1. The first-order chi connectivity index (χ1) is 11.1. The Bertz CT molecular complexity index is 541. The van der Waals surface area contributed by atoms with Gasteiger partial charge in [-0.1, -0.05) is 12.1 Å². The van der Waals surface area contributed by atoms with Crippen molar-refractivity contribution in [3.05, 3.63) is 24.3 Å². The Morgan fingerprint density at radius 2 is 1.91 bits per heavy atom. The molecule has 1 amide bonds. The van der Waals surface area contributed by atoms with Crippen LogP contribution in [0.5, 0.6) is 11.5 Å². The normalized spacial score (nSPS) is 15.9. The zero-order valence-corrected chi connectivity index (χ0v) is 13.2. The molecule has 2 N–H and O–H groups in total. The molecule has 0 spiro atoms. The molecule has 2 rings (SSSR count). The zero-order valence-electron chi connectivity index (χ0n) is 13.2. The van der Waals surface area contributed by atoms with Crippen molar-refractivity contribution in [1.82, 2.24) is 10.2 Å². The van der Waals surface area contributed by atoms with Crippen molar-refractivity contribution in [3.63, 3.8) is 0 Å². The summed E-state index contributed by atoms with van der Waals surface area (Å²) in [4.78, 5) is 24.7. The minimum absolute atomic E-state index is 0.0913. The molecule has 1 aromatic carbocycles. The van der Waals surface area contributed by atoms with Crippen molar-refractivity contribution in [2.24, 2.45) is 5.92 Å². The highest BCUT2D eigenvalue weighted by molar-refractivity contribution is 5.77. The van der Waals surface area contributed by atoms with Gasteiger partial charge in [0.1, 0.15) is 0 Å². The van der Waals surface area contributed by atoms with Crippen molar-refractivity contribution in [3.8, 4) is 11.5 Å². The SMILES string of the molecule is COc1ccccc1OCC(=O)NCN1CCC(C(=O)O)CC1. The number of piperidine rings is 1. The molecule has 23 heavy (non-hydrogen) atoms. The van der Waals surface area contributed by atoms with E-state index in [1.165, 1.54) is 0 Å². The summed E-state index contributed by atoms with van der Waals surface area (Å²) < 4.78 is 10.6. The van der Waals surface area contributed by atoms with E-state index in [4.69, 9.17) is 14.6 Å². The lowest BCUT2D eigenvalue weighted by Gasteiger charge is -2.29. The number of nitrogens with one attached hydrogen (secondary N) is 1. The van der Waals surface area contributed by atoms with E-state index in [0.29, 0.717) is 44.1 Å². The van der Waals surface area contributed by atoms with Gasteiger partial charge in [-0.05, 0) is 25.0 Å². The van der Waals surface area contributed by atoms with Crippen LogP contribution in [0.4, 0.5) is 0 Å². The van der Waals surface area contributed by atoms with E-state index in [1.54, 1.807) is 19.2 Å². The van der Waals surface area contributed by atoms with E-state index < -0.39 is 5.97 Å². The number of carbonyl (C=O) groups excluding carboxylic acids is 1. The maximum Gasteiger partial charge on any atom is 0.306 e. The van der Waals surface area contributed by atoms with E-state index in [2.05, 4.69) is 5.32 Å². The number of benzene rings is 1. The summed E-state index contributed by atoms with van der Waals surface area (Å²) in [6.45, 7) is 1.65. The molecule has 1 heterocycles. The molecule has 1 aromatic rings. The quantitative estimate of drug-likeness (QED) is 0.777. The topological polar surface area (TPSA) is 88.1 Å². The number of hydrogen-bond acceptors (Lipinski definition) is 5. The fraction of sp³-hybridized carbons (Fsp3) is 0.500. The lowest BCUT2D eigenvalue weighted by Crippen LogP contribution is -2.44. The number of carboxylic acid groups (broad SMARTS) is 1. The van der Waals surface area contributed by atoms with Crippen LogP contribution in [0.3, 0.4) is 0 Å². The molecule has 126 valence electrons. The molecular weight excluding hydrogens is 300 g/mol. The summed E-state index contributed by atoms with van der Waals surface area (Å²) in [6, 6.07) is 7.14. The van der Waals surface area contributed by atoms with Crippen LogP contribution < -0.4 is 14.8 Å². The van der Waals surface area contributed by atoms with Gasteiger partial charge in [-0.3, -0.25) is 14.5 Å². The third-order valence-corrected chi connectivity index (χ3v) is 3.86. The summed E-state index contributed by atoms with van der Waals surface area (Å²) >= 11 is 0. The molecule has 0 aliphatic carbocycles. The molecule has 0 aromatic heterocycles. The number of rotatable bonds is 7. The summed E-state index contributed by atoms with van der Waals surface area (Å²) in [5.74, 6) is -0.130. The second-order valence-electron chi connectivity index (χ2n) is 5.43. The number of para-hydroxylation sites is 2. The van der Waals surface area contributed by atoms with Crippen LogP contribution in [0.2, 0.25) is 0 Å². The zero-order chi connectivity index (χ0) is 16.7. The van der Waals surface area contributed by atoms with Gasteiger partial charge in [0.15, 0.2) is 18.1 Å². The highest BCUT2D eigenvalue weighted by atomic mass is 16.5. The maximum atomic E-state index is 11.8. The van der Waals surface area contributed by atoms with Crippen LogP contribution in [0.1, 0.15) is 12.8 Å². The molecule has 1 aliphatic rings. The average molecular weight is 322 g/mol. The molecular formula is C16H22N2O5. The molecule has 0 radical (unpaired) electrons. The molecule has 1 saturated heterocycles. The van der Waals surface area contributed by atoms with Gasteiger partial charge in [-0.2, -0.15) is 0 Å². The van der Waals surface area contributed by atoms with Crippen molar-refractivity contribution in [1.29, 1.82) is 0 Å². The number of likely N-dealkylation sites (tertiary alicyclic amines) is 1. The van der Waals surface area contributed by atoms with Gasteiger partial charge in [-0.15, -0.1) is 0 Å². The predicted molar refractivity (Wildman–Crippen MR) is 83.4 cm³/mol. The standard InChI is InChI=1S/C16H22N2O5/c1-22-13-4-2-3-5-14(13)23-10-15(19)17-11-18-8-6-12(7-9-18)16(20)21/h2-5,12H,6-11H2,1H3,(H,17,19)(H,20,21). The first-order valence-corrected chi connectivity index (χ1v) is 7.58. The van der Waals surface area contributed by atoms with Gasteiger partial charge in [0.25, 0.3) is 5.91 Å². The molecule has 7 nitrogen and oxygen atoms in total. The number of aliphatic carboxylic acids is 1. The van der Waals surface area contributed by atoms with Gasteiger partial charge in [-0.25, -0.2) is 0 Å². The Morgan fingerprint density at radius 1 is 1.26 bits per heavy atom. The van der Waals surface area contributed by atoms with Gasteiger partial charge in [0, 0.05) is 13.1 Å². The lowest BCUT2D eigenvalue weighted by molar-refractivity contribution is -0.143. The third kappa shape index (κ3) is 5.14. The van der Waals surface area contributed by atoms with E-state index >= 15 is 0 Å². The number of carbonyl (C=O) groups is 2. The molecule has 0 saturated carbocycles. The van der Waals surface area contributed by atoms with Gasteiger partial charge >= 0.3 is 5.97 Å². The van der Waals surface area contributed by atoms with Crippen molar-refractivity contribution >= 4 is 11.9 Å². The van der Waals surface area contributed by atoms with Gasteiger partial charge < -0.3 is 19.9 Å². The van der Waals surface area contributed by atoms with E-state index in [-0.39, 0.29) is 18.4 Å². The van der Waals surface area contributed by atoms with Crippen LogP contribution in [-0.4, -0.2) is 55.4 Å². The number of methoxy groups -OCH3 is 1. The maximum absolute atomic E-state index is 11.8. The smallest absolute Gasteiger partial charge is 0.306 e. The minimum Gasteiger partial charge on any atom is -0.493 e. The van der Waals surface area contributed by atoms with Crippen LogP contribution in [-0.2, 0) is 9.59 Å². The third-order valence-electron chi connectivity index (χ3n) is 3.86. The lowest BCUT2D eigenvalue weighted by atomic mass is 9.97. The summed E-state index contributed by atoms with van der Waals surface area (Å²) in [5.41, 5.74) is 0.